The molecule has 0 saturated heterocycles. The predicted molar refractivity (Wildman–Crippen MR) is 96.4 cm³/mol. The highest BCUT2D eigenvalue weighted by Crippen LogP contribution is 2.26. The lowest BCUT2D eigenvalue weighted by Crippen LogP contribution is -2.34. The molecule has 0 saturated carbocycles. The average Bonchev–Trinajstić information content (AvgIpc) is 2.37. The highest BCUT2D eigenvalue weighted by molar-refractivity contribution is 8.23. The van der Waals surface area contributed by atoms with Gasteiger partial charge in [-0.3, -0.25) is 4.79 Å². The van der Waals surface area contributed by atoms with Crippen LogP contribution in [0, 0.1) is 0 Å². The van der Waals surface area contributed by atoms with Gasteiger partial charge in [-0.25, -0.2) is 0 Å². The molecule has 0 fully saturated rings. The van der Waals surface area contributed by atoms with Crippen molar-refractivity contribution in [2.45, 2.75) is 25.1 Å². The zero-order chi connectivity index (χ0) is 16.2. The van der Waals surface area contributed by atoms with E-state index in [1.807, 2.05) is 38.9 Å². The van der Waals surface area contributed by atoms with Gasteiger partial charge in [0.2, 0.25) is 5.91 Å². The van der Waals surface area contributed by atoms with E-state index in [1.165, 1.54) is 11.8 Å². The van der Waals surface area contributed by atoms with Crippen LogP contribution in [-0.2, 0) is 4.79 Å². The molecule has 0 spiro atoms. The van der Waals surface area contributed by atoms with Gasteiger partial charge in [-0.15, -0.1) is 0 Å². The van der Waals surface area contributed by atoms with Crippen molar-refractivity contribution in [1.82, 2.24) is 10.2 Å². The van der Waals surface area contributed by atoms with Gasteiger partial charge >= 0.3 is 0 Å². The summed E-state index contributed by atoms with van der Waals surface area (Å²) in [6, 6.07) is 5.04. The first-order valence-corrected chi connectivity index (χ1v) is 8.40. The monoisotopic (exact) mass is 364 g/mol. The van der Waals surface area contributed by atoms with Crippen LogP contribution in [-0.4, -0.2) is 34.5 Å². The van der Waals surface area contributed by atoms with Crippen molar-refractivity contribution in [3.63, 3.8) is 0 Å². The molecular weight excluding hydrogens is 347 g/mol. The number of amides is 1. The minimum atomic E-state index is -0.270. The van der Waals surface area contributed by atoms with E-state index in [1.54, 1.807) is 12.1 Å². The van der Waals surface area contributed by atoms with E-state index in [9.17, 15) is 4.79 Å². The third kappa shape index (κ3) is 5.66. The molecule has 1 N–H and O–H groups in total. The van der Waals surface area contributed by atoms with Gasteiger partial charge in [-0.2, -0.15) is 0 Å². The molecule has 0 aliphatic carbocycles. The Balaban J connectivity index is 2.67. The van der Waals surface area contributed by atoms with Gasteiger partial charge in [0.15, 0.2) is 0 Å². The summed E-state index contributed by atoms with van der Waals surface area (Å²) in [6.07, 6.45) is 0. The molecular formula is C14H18Cl2N2OS2. The van der Waals surface area contributed by atoms with Crippen molar-refractivity contribution in [1.29, 1.82) is 0 Å². The molecule has 2 atom stereocenters. The summed E-state index contributed by atoms with van der Waals surface area (Å²) in [5.74, 6) is -0.0808. The molecule has 0 aliphatic rings. The molecule has 0 heterocycles. The van der Waals surface area contributed by atoms with E-state index in [2.05, 4.69) is 5.32 Å². The fourth-order valence-electron chi connectivity index (χ4n) is 1.57. The molecule has 7 heteroatoms. The second-order valence-electron chi connectivity index (χ2n) is 4.82. The number of nitrogens with zero attached hydrogens (tertiary/aromatic N) is 1. The maximum absolute atomic E-state index is 12.2. The van der Waals surface area contributed by atoms with Gasteiger partial charge in [0, 0.05) is 24.1 Å². The fraction of sp³-hybridized carbons (Fsp3) is 0.429. The van der Waals surface area contributed by atoms with Crippen molar-refractivity contribution < 1.29 is 4.79 Å². The average molecular weight is 365 g/mol. The number of halogens is 2. The SMILES string of the molecule is C[C@H](NC(=O)[C@@H](C)SC(=S)N(C)C)c1ccc(Cl)cc1Cl. The summed E-state index contributed by atoms with van der Waals surface area (Å²) in [5.41, 5.74) is 0.835. The van der Waals surface area contributed by atoms with Gasteiger partial charge in [0.1, 0.15) is 4.32 Å². The molecule has 0 aromatic heterocycles. The van der Waals surface area contributed by atoms with Crippen LogP contribution in [0.1, 0.15) is 25.5 Å². The maximum atomic E-state index is 12.2. The van der Waals surface area contributed by atoms with Gasteiger partial charge in [-0.05, 0) is 31.5 Å². The first kappa shape index (κ1) is 18.6. The first-order chi connectivity index (χ1) is 9.72. The van der Waals surface area contributed by atoms with Crippen molar-refractivity contribution in [3.05, 3.63) is 33.8 Å². The topological polar surface area (TPSA) is 32.3 Å². The van der Waals surface area contributed by atoms with E-state index in [0.717, 1.165) is 5.56 Å². The molecule has 1 aromatic carbocycles. The van der Waals surface area contributed by atoms with Gasteiger partial charge in [-0.1, -0.05) is 53.2 Å². The minimum absolute atomic E-state index is 0.0808. The van der Waals surface area contributed by atoms with Crippen molar-refractivity contribution in [2.24, 2.45) is 0 Å². The van der Waals surface area contributed by atoms with Crippen molar-refractivity contribution in [2.75, 3.05) is 14.1 Å². The minimum Gasteiger partial charge on any atom is -0.364 e. The van der Waals surface area contributed by atoms with Crippen LogP contribution >= 0.6 is 47.2 Å². The summed E-state index contributed by atoms with van der Waals surface area (Å²) in [4.78, 5) is 14.0. The number of hydrogen-bond acceptors (Lipinski definition) is 3. The Morgan fingerprint density at radius 1 is 1.33 bits per heavy atom. The lowest BCUT2D eigenvalue weighted by molar-refractivity contribution is -0.120. The third-order valence-corrected chi connectivity index (χ3v) is 5.15. The van der Waals surface area contributed by atoms with E-state index < -0.39 is 0 Å². The van der Waals surface area contributed by atoms with Gasteiger partial charge in [0.25, 0.3) is 0 Å². The van der Waals surface area contributed by atoms with Gasteiger partial charge < -0.3 is 10.2 Å². The highest BCUT2D eigenvalue weighted by Gasteiger charge is 2.20. The number of thiocarbonyl (C=S) groups is 1. The normalized spacial score (nSPS) is 13.4. The van der Waals surface area contributed by atoms with Crippen LogP contribution in [0.15, 0.2) is 18.2 Å². The number of thioether (sulfide) groups is 1. The number of carbonyl (C=O) groups is 1. The van der Waals surface area contributed by atoms with Crippen LogP contribution in [0.3, 0.4) is 0 Å². The molecule has 116 valence electrons. The number of carbonyl (C=O) groups excluding carboxylic acids is 1. The van der Waals surface area contributed by atoms with E-state index >= 15 is 0 Å². The second kappa shape index (κ2) is 8.22. The van der Waals surface area contributed by atoms with Crippen molar-refractivity contribution in [3.8, 4) is 0 Å². The second-order valence-corrected chi connectivity index (χ2v) is 7.63. The maximum Gasteiger partial charge on any atom is 0.233 e. The molecule has 1 amide bonds. The number of nitrogens with one attached hydrogen (secondary N) is 1. The zero-order valence-electron chi connectivity index (χ0n) is 12.3. The van der Waals surface area contributed by atoms with Crippen LogP contribution in [0.25, 0.3) is 0 Å². The molecule has 1 rings (SSSR count). The standard InChI is InChI=1S/C14H18Cl2N2OS2/c1-8(11-6-5-10(15)7-12(11)16)17-13(19)9(2)21-14(20)18(3)4/h5-9H,1-4H3,(H,17,19)/t8-,9+/m0/s1. The number of hydrogen-bond donors (Lipinski definition) is 1. The summed E-state index contributed by atoms with van der Waals surface area (Å²) in [5, 5.41) is 3.78. The lowest BCUT2D eigenvalue weighted by atomic mass is 10.1. The lowest BCUT2D eigenvalue weighted by Gasteiger charge is -2.20. The van der Waals surface area contributed by atoms with Gasteiger partial charge in [0.05, 0.1) is 11.3 Å². The summed E-state index contributed by atoms with van der Waals surface area (Å²) >= 11 is 18.6. The third-order valence-electron chi connectivity index (χ3n) is 2.80. The van der Waals surface area contributed by atoms with Crippen LogP contribution in [0.2, 0.25) is 10.0 Å². The molecule has 0 radical (unpaired) electrons. The number of rotatable bonds is 4. The van der Waals surface area contributed by atoms with E-state index in [0.29, 0.717) is 14.4 Å². The Hall–Kier alpha value is -0.490. The predicted octanol–water partition coefficient (Wildman–Crippen LogP) is 4.14. The van der Waals surface area contributed by atoms with Crippen LogP contribution in [0.4, 0.5) is 0 Å². The molecule has 0 unspecified atom stereocenters. The first-order valence-electron chi connectivity index (χ1n) is 6.35. The Morgan fingerprint density at radius 2 is 1.95 bits per heavy atom. The quantitative estimate of drug-likeness (QED) is 0.813. The Kier molecular flexibility index (Phi) is 7.27. The van der Waals surface area contributed by atoms with Crippen LogP contribution in [0.5, 0.6) is 0 Å². The Morgan fingerprint density at radius 3 is 2.48 bits per heavy atom. The molecule has 21 heavy (non-hydrogen) atoms. The van der Waals surface area contributed by atoms with E-state index in [-0.39, 0.29) is 17.2 Å². The van der Waals surface area contributed by atoms with E-state index in [4.69, 9.17) is 35.4 Å². The molecule has 0 aliphatic heterocycles. The highest BCUT2D eigenvalue weighted by atomic mass is 35.5. The van der Waals surface area contributed by atoms with Crippen molar-refractivity contribution >= 4 is 57.4 Å². The molecule has 1 aromatic rings. The number of benzene rings is 1. The molecule has 3 nitrogen and oxygen atoms in total. The summed E-state index contributed by atoms with van der Waals surface area (Å²) in [6.45, 7) is 3.71. The largest absolute Gasteiger partial charge is 0.364 e. The van der Waals surface area contributed by atoms with Crippen LogP contribution < -0.4 is 5.32 Å². The Labute approximate surface area is 145 Å². The fourth-order valence-corrected chi connectivity index (χ4v) is 3.26. The summed E-state index contributed by atoms with van der Waals surface area (Å²) < 4.78 is 0.676. The summed E-state index contributed by atoms with van der Waals surface area (Å²) in [7, 11) is 3.71. The smallest absolute Gasteiger partial charge is 0.233 e. The molecule has 0 bridgehead atoms. The Bertz CT molecular complexity index is 538. The zero-order valence-corrected chi connectivity index (χ0v) is 15.5.